The van der Waals surface area contributed by atoms with E-state index in [0.29, 0.717) is 5.13 Å². The van der Waals surface area contributed by atoms with Crippen molar-refractivity contribution < 1.29 is 4.79 Å². The number of hydrogen-bond donors (Lipinski definition) is 2. The van der Waals surface area contributed by atoms with Crippen molar-refractivity contribution in [2.45, 2.75) is 26.8 Å². The largest absolute Gasteiger partial charge is 0.331 e. The Balaban J connectivity index is 1.94. The Labute approximate surface area is 115 Å². The smallest absolute Gasteiger partial charge is 0.321 e. The van der Waals surface area contributed by atoms with Crippen LogP contribution in [-0.2, 0) is 7.05 Å². The van der Waals surface area contributed by atoms with E-state index in [0.717, 1.165) is 16.1 Å². The molecule has 2 amide bonds. The van der Waals surface area contributed by atoms with Crippen LogP contribution in [0.2, 0.25) is 0 Å². The third-order valence-electron chi connectivity index (χ3n) is 2.82. The fourth-order valence-electron chi connectivity index (χ4n) is 1.60. The lowest BCUT2D eigenvalue weighted by Crippen LogP contribution is -2.30. The molecule has 0 aliphatic heterocycles. The first-order valence-corrected chi connectivity index (χ1v) is 6.77. The van der Waals surface area contributed by atoms with Crippen molar-refractivity contribution in [3.05, 3.63) is 28.5 Å². The summed E-state index contributed by atoms with van der Waals surface area (Å²) >= 11 is 1.47. The van der Waals surface area contributed by atoms with Crippen LogP contribution in [0.25, 0.3) is 0 Å². The van der Waals surface area contributed by atoms with E-state index in [4.69, 9.17) is 0 Å². The van der Waals surface area contributed by atoms with E-state index in [1.54, 1.807) is 10.9 Å². The highest BCUT2D eigenvalue weighted by atomic mass is 32.1. The Bertz CT molecular complexity index is 569. The zero-order chi connectivity index (χ0) is 14.0. The number of thiazole rings is 1. The summed E-state index contributed by atoms with van der Waals surface area (Å²) in [7, 11) is 1.84. The maximum Gasteiger partial charge on any atom is 0.321 e. The molecule has 2 heterocycles. The predicted molar refractivity (Wildman–Crippen MR) is 75.4 cm³/mol. The van der Waals surface area contributed by atoms with Gasteiger partial charge in [0.15, 0.2) is 5.13 Å². The van der Waals surface area contributed by atoms with E-state index in [-0.39, 0.29) is 12.1 Å². The normalized spacial score (nSPS) is 12.2. The Hall–Kier alpha value is -1.89. The van der Waals surface area contributed by atoms with Gasteiger partial charge >= 0.3 is 6.03 Å². The van der Waals surface area contributed by atoms with Crippen molar-refractivity contribution >= 4 is 22.5 Å². The number of aromatic nitrogens is 3. The molecule has 0 aliphatic carbocycles. The summed E-state index contributed by atoms with van der Waals surface area (Å²) in [5.74, 6) is 0. The molecular weight excluding hydrogens is 262 g/mol. The lowest BCUT2D eigenvalue weighted by Gasteiger charge is -2.11. The number of aryl methyl sites for hydroxylation is 3. The molecule has 2 aromatic heterocycles. The van der Waals surface area contributed by atoms with Gasteiger partial charge in [-0.1, -0.05) is 0 Å². The molecule has 0 unspecified atom stereocenters. The number of hydrogen-bond acceptors (Lipinski definition) is 4. The molecule has 0 spiro atoms. The average molecular weight is 279 g/mol. The molecule has 0 saturated heterocycles. The minimum Gasteiger partial charge on any atom is -0.331 e. The van der Waals surface area contributed by atoms with Crippen molar-refractivity contribution in [1.82, 2.24) is 20.1 Å². The summed E-state index contributed by atoms with van der Waals surface area (Å²) in [4.78, 5) is 17.2. The number of urea groups is 1. The van der Waals surface area contributed by atoms with Gasteiger partial charge in [-0.05, 0) is 20.8 Å². The molecule has 0 radical (unpaired) electrons. The number of amides is 2. The molecule has 7 heteroatoms. The van der Waals surface area contributed by atoms with Gasteiger partial charge in [0.25, 0.3) is 0 Å². The zero-order valence-electron chi connectivity index (χ0n) is 11.4. The summed E-state index contributed by atoms with van der Waals surface area (Å²) < 4.78 is 1.71. The number of nitrogens with zero attached hydrogens (tertiary/aromatic N) is 3. The minimum atomic E-state index is -0.259. The highest BCUT2D eigenvalue weighted by molar-refractivity contribution is 7.15. The molecule has 0 aliphatic rings. The first kappa shape index (κ1) is 13.5. The van der Waals surface area contributed by atoms with E-state index in [1.807, 2.05) is 34.0 Å². The van der Waals surface area contributed by atoms with Gasteiger partial charge in [-0.25, -0.2) is 9.78 Å². The van der Waals surface area contributed by atoms with Crippen molar-refractivity contribution in [1.29, 1.82) is 0 Å². The Morgan fingerprint density at radius 3 is 2.74 bits per heavy atom. The molecule has 0 saturated carbocycles. The van der Waals surface area contributed by atoms with Gasteiger partial charge in [0.05, 0.1) is 17.9 Å². The number of rotatable bonds is 3. The number of anilines is 1. The van der Waals surface area contributed by atoms with Crippen LogP contribution < -0.4 is 10.6 Å². The number of carbonyl (C=O) groups is 1. The van der Waals surface area contributed by atoms with Crippen molar-refractivity contribution in [2.24, 2.45) is 7.05 Å². The van der Waals surface area contributed by atoms with Crippen molar-refractivity contribution in [3.63, 3.8) is 0 Å². The Morgan fingerprint density at radius 2 is 2.21 bits per heavy atom. The second-order valence-electron chi connectivity index (χ2n) is 4.43. The van der Waals surface area contributed by atoms with Crippen LogP contribution in [0.1, 0.15) is 29.1 Å². The van der Waals surface area contributed by atoms with Crippen molar-refractivity contribution in [2.75, 3.05) is 5.32 Å². The van der Waals surface area contributed by atoms with Gasteiger partial charge in [-0.2, -0.15) is 5.10 Å². The van der Waals surface area contributed by atoms with Gasteiger partial charge in [0, 0.05) is 23.7 Å². The molecule has 2 aromatic rings. The molecule has 0 bridgehead atoms. The molecule has 0 aromatic carbocycles. The zero-order valence-corrected chi connectivity index (χ0v) is 12.2. The number of nitrogens with one attached hydrogen (secondary N) is 2. The van der Waals surface area contributed by atoms with Crippen LogP contribution >= 0.6 is 11.3 Å². The molecule has 1 atom stereocenters. The Kier molecular flexibility index (Phi) is 3.84. The van der Waals surface area contributed by atoms with E-state index in [1.165, 1.54) is 11.3 Å². The van der Waals surface area contributed by atoms with Crippen molar-refractivity contribution in [3.8, 4) is 0 Å². The lowest BCUT2D eigenvalue weighted by atomic mass is 10.2. The first-order chi connectivity index (χ1) is 8.95. The van der Waals surface area contributed by atoms with Gasteiger partial charge in [-0.15, -0.1) is 11.3 Å². The monoisotopic (exact) mass is 279 g/mol. The van der Waals surface area contributed by atoms with E-state index >= 15 is 0 Å². The Morgan fingerprint density at radius 1 is 1.47 bits per heavy atom. The summed E-state index contributed by atoms with van der Waals surface area (Å²) in [6, 6.07) is -0.360. The SMILES string of the molecule is Cc1nc(NC(=O)N[C@H](C)c2cnn(C)c2)sc1C. The van der Waals surface area contributed by atoms with Gasteiger partial charge in [0.1, 0.15) is 0 Å². The van der Waals surface area contributed by atoms with Crippen LogP contribution in [0, 0.1) is 13.8 Å². The van der Waals surface area contributed by atoms with Gasteiger partial charge in [-0.3, -0.25) is 10.00 Å². The molecule has 19 heavy (non-hydrogen) atoms. The molecule has 6 nitrogen and oxygen atoms in total. The maximum atomic E-state index is 11.8. The second-order valence-corrected chi connectivity index (χ2v) is 5.63. The molecule has 102 valence electrons. The summed E-state index contributed by atoms with van der Waals surface area (Å²) in [5, 5.41) is 10.3. The van der Waals surface area contributed by atoms with Crippen LogP contribution in [0.4, 0.5) is 9.93 Å². The fourth-order valence-corrected chi connectivity index (χ4v) is 2.41. The van der Waals surface area contributed by atoms with Gasteiger partial charge < -0.3 is 5.32 Å². The summed E-state index contributed by atoms with van der Waals surface area (Å²) in [5.41, 5.74) is 1.91. The first-order valence-electron chi connectivity index (χ1n) is 5.96. The fraction of sp³-hybridized carbons (Fsp3) is 0.417. The quantitative estimate of drug-likeness (QED) is 0.906. The van der Waals surface area contributed by atoms with E-state index in [2.05, 4.69) is 20.7 Å². The highest BCUT2D eigenvalue weighted by Gasteiger charge is 2.12. The maximum absolute atomic E-state index is 11.8. The van der Waals surface area contributed by atoms with E-state index < -0.39 is 0 Å². The predicted octanol–water partition coefficient (Wildman–Crippen LogP) is 2.38. The summed E-state index contributed by atoms with van der Waals surface area (Å²) in [6.45, 7) is 5.82. The number of carbonyl (C=O) groups excluding carboxylic acids is 1. The molecule has 2 N–H and O–H groups in total. The second kappa shape index (κ2) is 5.40. The lowest BCUT2D eigenvalue weighted by molar-refractivity contribution is 0.249. The topological polar surface area (TPSA) is 71.8 Å². The van der Waals surface area contributed by atoms with Crippen LogP contribution in [0.3, 0.4) is 0 Å². The van der Waals surface area contributed by atoms with E-state index in [9.17, 15) is 4.79 Å². The molecular formula is C12H17N5OS. The minimum absolute atomic E-state index is 0.101. The third kappa shape index (κ3) is 3.31. The summed E-state index contributed by atoms with van der Waals surface area (Å²) in [6.07, 6.45) is 3.62. The molecule has 0 fully saturated rings. The third-order valence-corrected chi connectivity index (χ3v) is 3.81. The van der Waals surface area contributed by atoms with Crippen LogP contribution in [0.15, 0.2) is 12.4 Å². The van der Waals surface area contributed by atoms with Crippen LogP contribution in [-0.4, -0.2) is 20.8 Å². The standard InChI is InChI=1S/C12H17N5OS/c1-7-9(3)19-12(15-7)16-11(18)14-8(2)10-5-13-17(4)6-10/h5-6,8H,1-4H3,(H2,14,15,16,18)/t8-/m1/s1. The molecule has 2 rings (SSSR count). The van der Waals surface area contributed by atoms with Crippen LogP contribution in [0.5, 0.6) is 0 Å². The average Bonchev–Trinajstić information content (AvgIpc) is 2.86. The highest BCUT2D eigenvalue weighted by Crippen LogP contribution is 2.21. The van der Waals surface area contributed by atoms with Gasteiger partial charge in [0.2, 0.25) is 0 Å².